The van der Waals surface area contributed by atoms with Crippen LogP contribution in [0.25, 0.3) is 0 Å². The highest BCUT2D eigenvalue weighted by atomic mass is 16.5. The average Bonchev–Trinajstić information content (AvgIpc) is 2.73. The van der Waals surface area contributed by atoms with Crippen LogP contribution >= 0.6 is 0 Å². The van der Waals surface area contributed by atoms with Crippen LogP contribution in [-0.4, -0.2) is 52.5 Å². The molecular formula is C21H27N2O4+. The largest absolute Gasteiger partial charge is 0.497 e. The fraction of sp³-hybridized carbons (Fsp3) is 0.381. The van der Waals surface area contributed by atoms with Crippen LogP contribution in [0.5, 0.6) is 11.5 Å². The second-order valence-corrected chi connectivity index (χ2v) is 6.56. The van der Waals surface area contributed by atoms with Gasteiger partial charge in [0, 0.05) is 0 Å². The zero-order chi connectivity index (χ0) is 18.9. The SMILES string of the molecule is COc1ccc(OCC(=O)N[C@H](C[NH+]2CCOCC2)c2ccccc2)cc1. The highest BCUT2D eigenvalue weighted by Gasteiger charge is 2.23. The molecule has 27 heavy (non-hydrogen) atoms. The molecule has 2 aromatic carbocycles. The van der Waals surface area contributed by atoms with Crippen LogP contribution in [0.4, 0.5) is 0 Å². The Labute approximate surface area is 160 Å². The molecule has 3 rings (SSSR count). The van der Waals surface area contributed by atoms with Crippen molar-refractivity contribution in [1.29, 1.82) is 0 Å². The zero-order valence-corrected chi connectivity index (χ0v) is 15.6. The van der Waals surface area contributed by atoms with E-state index in [0.717, 1.165) is 44.2 Å². The van der Waals surface area contributed by atoms with E-state index >= 15 is 0 Å². The molecule has 1 fully saturated rings. The van der Waals surface area contributed by atoms with Gasteiger partial charge in [0.15, 0.2) is 6.61 Å². The molecule has 1 atom stereocenters. The summed E-state index contributed by atoms with van der Waals surface area (Å²) in [5.74, 6) is 1.26. The minimum absolute atomic E-state index is 0.0197. The van der Waals surface area contributed by atoms with E-state index in [9.17, 15) is 4.79 Å². The van der Waals surface area contributed by atoms with Gasteiger partial charge in [0.05, 0.1) is 20.3 Å². The van der Waals surface area contributed by atoms with Crippen molar-refractivity contribution in [3.63, 3.8) is 0 Å². The second kappa shape index (κ2) is 9.94. The van der Waals surface area contributed by atoms with Crippen molar-refractivity contribution >= 4 is 5.91 Å². The predicted octanol–water partition coefficient (Wildman–Crippen LogP) is 0.847. The maximum atomic E-state index is 12.5. The first-order valence-electron chi connectivity index (χ1n) is 9.27. The van der Waals surface area contributed by atoms with Gasteiger partial charge in [-0.1, -0.05) is 30.3 Å². The number of rotatable bonds is 8. The summed E-state index contributed by atoms with van der Waals surface area (Å²) in [5, 5.41) is 3.12. The predicted molar refractivity (Wildman–Crippen MR) is 102 cm³/mol. The van der Waals surface area contributed by atoms with Gasteiger partial charge >= 0.3 is 0 Å². The first-order chi connectivity index (χ1) is 13.2. The number of hydrogen-bond acceptors (Lipinski definition) is 4. The molecular weight excluding hydrogens is 344 g/mol. The Kier molecular flexibility index (Phi) is 7.07. The summed E-state index contributed by atoms with van der Waals surface area (Å²) in [4.78, 5) is 13.9. The molecule has 0 aliphatic carbocycles. The van der Waals surface area contributed by atoms with E-state index < -0.39 is 0 Å². The minimum Gasteiger partial charge on any atom is -0.497 e. The van der Waals surface area contributed by atoms with Crippen molar-refractivity contribution in [2.75, 3.05) is 46.6 Å². The topological polar surface area (TPSA) is 61.2 Å². The number of ether oxygens (including phenoxy) is 3. The number of morpholine rings is 1. The standard InChI is InChI=1S/C21H26N2O4/c1-25-18-7-9-19(10-8-18)27-16-21(24)22-20(17-5-3-2-4-6-17)15-23-11-13-26-14-12-23/h2-10,20H,11-16H2,1H3,(H,22,24)/p+1/t20-/m1/s1. The highest BCUT2D eigenvalue weighted by molar-refractivity contribution is 5.78. The van der Waals surface area contributed by atoms with Crippen LogP contribution in [0.3, 0.4) is 0 Å². The first kappa shape index (κ1) is 19.2. The number of amides is 1. The van der Waals surface area contributed by atoms with Gasteiger partial charge in [0.1, 0.15) is 37.2 Å². The van der Waals surface area contributed by atoms with E-state index in [1.54, 1.807) is 19.2 Å². The Morgan fingerprint density at radius 3 is 2.41 bits per heavy atom. The number of carbonyl (C=O) groups excluding carboxylic acids is 1. The summed E-state index contributed by atoms with van der Waals surface area (Å²) in [5.41, 5.74) is 1.11. The quantitative estimate of drug-likeness (QED) is 0.722. The second-order valence-electron chi connectivity index (χ2n) is 6.56. The lowest BCUT2D eigenvalue weighted by molar-refractivity contribution is -0.909. The smallest absolute Gasteiger partial charge is 0.258 e. The fourth-order valence-corrected chi connectivity index (χ4v) is 3.15. The van der Waals surface area contributed by atoms with Crippen molar-refractivity contribution in [3.8, 4) is 11.5 Å². The summed E-state index contributed by atoms with van der Waals surface area (Å²) in [6, 6.07) is 17.2. The lowest BCUT2D eigenvalue weighted by atomic mass is 10.1. The molecule has 0 bridgehead atoms. The molecule has 6 heteroatoms. The van der Waals surface area contributed by atoms with Crippen LogP contribution in [-0.2, 0) is 9.53 Å². The molecule has 2 aromatic rings. The maximum Gasteiger partial charge on any atom is 0.258 e. The van der Waals surface area contributed by atoms with E-state index in [0.29, 0.717) is 5.75 Å². The monoisotopic (exact) mass is 371 g/mol. The maximum absolute atomic E-state index is 12.5. The summed E-state index contributed by atoms with van der Waals surface area (Å²) in [6.45, 7) is 4.27. The Balaban J connectivity index is 1.57. The average molecular weight is 371 g/mol. The molecule has 0 aromatic heterocycles. The lowest BCUT2D eigenvalue weighted by Gasteiger charge is -2.28. The molecule has 6 nitrogen and oxygen atoms in total. The number of benzene rings is 2. The molecule has 1 saturated heterocycles. The van der Waals surface area contributed by atoms with Crippen molar-refractivity contribution in [1.82, 2.24) is 5.32 Å². The number of carbonyl (C=O) groups is 1. The van der Waals surface area contributed by atoms with Gasteiger partial charge in [-0.3, -0.25) is 4.79 Å². The number of hydrogen-bond donors (Lipinski definition) is 2. The van der Waals surface area contributed by atoms with Crippen LogP contribution in [0.1, 0.15) is 11.6 Å². The van der Waals surface area contributed by atoms with Crippen LogP contribution in [0.2, 0.25) is 0 Å². The zero-order valence-electron chi connectivity index (χ0n) is 15.6. The number of nitrogens with one attached hydrogen (secondary N) is 2. The number of quaternary nitrogens is 1. The summed E-state index contributed by atoms with van der Waals surface area (Å²) >= 11 is 0. The molecule has 0 unspecified atom stereocenters. The normalized spacial score (nSPS) is 15.7. The summed E-state index contributed by atoms with van der Waals surface area (Å²) in [6.07, 6.45) is 0. The van der Waals surface area contributed by atoms with Gasteiger partial charge in [0.2, 0.25) is 0 Å². The third-order valence-electron chi connectivity index (χ3n) is 4.66. The molecule has 0 spiro atoms. The molecule has 2 N–H and O–H groups in total. The molecule has 1 aliphatic heterocycles. The Morgan fingerprint density at radius 2 is 1.74 bits per heavy atom. The van der Waals surface area contributed by atoms with Crippen LogP contribution < -0.4 is 19.7 Å². The number of methoxy groups -OCH3 is 1. The van der Waals surface area contributed by atoms with E-state index in [2.05, 4.69) is 17.4 Å². The Bertz CT molecular complexity index is 700. The van der Waals surface area contributed by atoms with Crippen LogP contribution in [0, 0.1) is 0 Å². The van der Waals surface area contributed by atoms with Gasteiger partial charge in [-0.05, 0) is 29.8 Å². The van der Waals surface area contributed by atoms with E-state index in [-0.39, 0.29) is 18.6 Å². The van der Waals surface area contributed by atoms with Gasteiger partial charge in [-0.15, -0.1) is 0 Å². The van der Waals surface area contributed by atoms with Crippen LogP contribution in [0.15, 0.2) is 54.6 Å². The molecule has 1 heterocycles. The summed E-state index contributed by atoms with van der Waals surface area (Å²) in [7, 11) is 1.61. The Morgan fingerprint density at radius 1 is 1.07 bits per heavy atom. The van der Waals surface area contributed by atoms with E-state index in [4.69, 9.17) is 14.2 Å². The van der Waals surface area contributed by atoms with Gasteiger partial charge in [-0.2, -0.15) is 0 Å². The van der Waals surface area contributed by atoms with Gasteiger partial charge < -0.3 is 24.4 Å². The van der Waals surface area contributed by atoms with Gasteiger partial charge in [-0.25, -0.2) is 0 Å². The molecule has 0 saturated carbocycles. The van der Waals surface area contributed by atoms with Crippen molar-refractivity contribution < 1.29 is 23.9 Å². The Hall–Kier alpha value is -2.57. The lowest BCUT2D eigenvalue weighted by Crippen LogP contribution is -3.14. The van der Waals surface area contributed by atoms with Crippen molar-refractivity contribution in [3.05, 3.63) is 60.2 Å². The third kappa shape index (κ3) is 5.98. The third-order valence-corrected chi connectivity index (χ3v) is 4.66. The first-order valence-corrected chi connectivity index (χ1v) is 9.27. The minimum atomic E-state index is -0.132. The molecule has 1 aliphatic rings. The van der Waals surface area contributed by atoms with Crippen molar-refractivity contribution in [2.24, 2.45) is 0 Å². The molecule has 0 radical (unpaired) electrons. The van der Waals surface area contributed by atoms with E-state index in [1.807, 2.05) is 30.3 Å². The van der Waals surface area contributed by atoms with E-state index in [1.165, 1.54) is 4.90 Å². The molecule has 144 valence electrons. The van der Waals surface area contributed by atoms with Crippen molar-refractivity contribution in [2.45, 2.75) is 6.04 Å². The fourth-order valence-electron chi connectivity index (χ4n) is 3.15. The highest BCUT2D eigenvalue weighted by Crippen LogP contribution is 2.17. The van der Waals surface area contributed by atoms with Gasteiger partial charge in [0.25, 0.3) is 5.91 Å². The summed E-state index contributed by atoms with van der Waals surface area (Å²) < 4.78 is 16.2. The molecule has 1 amide bonds.